The number of hydrogen-bond acceptors (Lipinski definition) is 5. The summed E-state index contributed by atoms with van der Waals surface area (Å²) in [5.41, 5.74) is 2.85. The van der Waals surface area contributed by atoms with Crippen LogP contribution >= 0.6 is 11.3 Å². The predicted octanol–water partition coefficient (Wildman–Crippen LogP) is 3.12. The Morgan fingerprint density at radius 1 is 1.36 bits per heavy atom. The Hall–Kier alpha value is -2.67. The largest absolute Gasteiger partial charge is 0.487 e. The molecule has 0 spiro atoms. The average Bonchev–Trinajstić information content (AvgIpc) is 3.29. The first kappa shape index (κ1) is 17.4. The van der Waals surface area contributed by atoms with Crippen molar-refractivity contribution >= 4 is 27.5 Å². The van der Waals surface area contributed by atoms with Crippen molar-refractivity contribution in [3.05, 3.63) is 55.9 Å². The number of nitrogens with zero attached hydrogens (tertiary/aromatic N) is 1. The highest BCUT2D eigenvalue weighted by molar-refractivity contribution is 7.18. The number of fused-ring (bicyclic) bond motifs is 4. The normalized spacial score (nSPS) is 16.6. The molecule has 2 aromatic heterocycles. The number of rotatable bonds is 3. The van der Waals surface area contributed by atoms with Crippen LogP contribution in [-0.2, 0) is 25.8 Å². The molecular weight excluding hydrogens is 374 g/mol. The molecule has 3 aromatic rings. The third-order valence-corrected chi connectivity index (χ3v) is 6.56. The van der Waals surface area contributed by atoms with Gasteiger partial charge >= 0.3 is 0 Å². The molecule has 1 aromatic carbocycles. The number of hydrogen-bond donors (Lipinski definition) is 2. The fourth-order valence-electron chi connectivity index (χ4n) is 4.15. The van der Waals surface area contributed by atoms with Crippen molar-refractivity contribution in [2.75, 3.05) is 0 Å². The van der Waals surface area contributed by atoms with Crippen molar-refractivity contribution in [2.45, 2.75) is 51.7 Å². The number of thiophene rings is 1. The minimum atomic E-state index is -0.371. The average molecular weight is 395 g/mol. The van der Waals surface area contributed by atoms with E-state index in [2.05, 4.69) is 35.2 Å². The highest BCUT2D eigenvalue weighted by Crippen LogP contribution is 2.35. The number of amides is 1. The molecule has 7 heteroatoms. The van der Waals surface area contributed by atoms with Gasteiger partial charge in [0.2, 0.25) is 5.82 Å². The van der Waals surface area contributed by atoms with Gasteiger partial charge in [-0.2, -0.15) is 0 Å². The second-order valence-corrected chi connectivity index (χ2v) is 9.20. The van der Waals surface area contributed by atoms with Gasteiger partial charge in [-0.25, -0.2) is 4.98 Å². The van der Waals surface area contributed by atoms with Crippen LogP contribution in [0.2, 0.25) is 0 Å². The van der Waals surface area contributed by atoms with Crippen molar-refractivity contribution in [3.8, 4) is 5.75 Å². The number of carbonyl (C=O) groups is 1. The fourth-order valence-corrected chi connectivity index (χ4v) is 5.41. The van der Waals surface area contributed by atoms with E-state index in [1.807, 2.05) is 12.1 Å². The topological polar surface area (TPSA) is 84.1 Å². The van der Waals surface area contributed by atoms with Gasteiger partial charge in [0.05, 0.1) is 5.39 Å². The van der Waals surface area contributed by atoms with Crippen LogP contribution < -0.4 is 15.6 Å². The Bertz CT molecular complexity index is 1180. The van der Waals surface area contributed by atoms with E-state index >= 15 is 0 Å². The minimum absolute atomic E-state index is 0.0723. The van der Waals surface area contributed by atoms with Gasteiger partial charge in [0.1, 0.15) is 16.2 Å². The number of aromatic amines is 1. The molecule has 144 valence electrons. The van der Waals surface area contributed by atoms with Gasteiger partial charge in [-0.3, -0.25) is 9.59 Å². The number of nitrogens with one attached hydrogen (secondary N) is 2. The highest BCUT2D eigenvalue weighted by Gasteiger charge is 2.30. The number of H-pyrrole nitrogens is 1. The lowest BCUT2D eigenvalue weighted by Gasteiger charge is -2.16. The Labute approximate surface area is 166 Å². The van der Waals surface area contributed by atoms with Gasteiger partial charge in [-0.1, -0.05) is 12.1 Å². The molecule has 1 amide bonds. The smallest absolute Gasteiger partial charge is 0.287 e. The van der Waals surface area contributed by atoms with Gasteiger partial charge < -0.3 is 15.0 Å². The molecule has 0 atom stereocenters. The Balaban J connectivity index is 1.35. The van der Waals surface area contributed by atoms with Crippen LogP contribution in [0.4, 0.5) is 0 Å². The van der Waals surface area contributed by atoms with Crippen LogP contribution in [0.3, 0.4) is 0 Å². The van der Waals surface area contributed by atoms with Gasteiger partial charge in [-0.05, 0) is 55.9 Å². The maximum Gasteiger partial charge on any atom is 0.287 e. The van der Waals surface area contributed by atoms with E-state index in [0.29, 0.717) is 16.8 Å². The Kier molecular flexibility index (Phi) is 3.84. The zero-order valence-electron chi connectivity index (χ0n) is 15.8. The summed E-state index contributed by atoms with van der Waals surface area (Å²) >= 11 is 1.53. The summed E-state index contributed by atoms with van der Waals surface area (Å²) in [4.78, 5) is 34.0. The molecule has 0 fully saturated rings. The summed E-state index contributed by atoms with van der Waals surface area (Å²) in [6, 6.07) is 5.96. The third-order valence-electron chi connectivity index (χ3n) is 5.37. The second kappa shape index (κ2) is 6.17. The first-order valence-corrected chi connectivity index (χ1v) is 10.3. The van der Waals surface area contributed by atoms with Gasteiger partial charge in [0.25, 0.3) is 11.5 Å². The molecule has 6 nitrogen and oxygen atoms in total. The monoisotopic (exact) mass is 395 g/mol. The molecule has 2 aliphatic rings. The number of ether oxygens (including phenoxy) is 1. The third kappa shape index (κ3) is 2.90. The van der Waals surface area contributed by atoms with E-state index < -0.39 is 0 Å². The molecule has 28 heavy (non-hydrogen) atoms. The first-order valence-electron chi connectivity index (χ1n) is 9.53. The summed E-state index contributed by atoms with van der Waals surface area (Å²) < 4.78 is 5.89. The van der Waals surface area contributed by atoms with Crippen LogP contribution in [0.5, 0.6) is 5.75 Å². The number of aromatic nitrogens is 2. The molecule has 0 saturated heterocycles. The fraction of sp³-hybridized carbons (Fsp3) is 0.381. The summed E-state index contributed by atoms with van der Waals surface area (Å²) in [5.74, 6) is 0.606. The van der Waals surface area contributed by atoms with Gasteiger partial charge in [0, 0.05) is 17.8 Å². The van der Waals surface area contributed by atoms with Gasteiger partial charge in [0.15, 0.2) is 0 Å². The first-order chi connectivity index (χ1) is 13.4. The molecule has 0 unspecified atom stereocenters. The predicted molar refractivity (Wildman–Crippen MR) is 108 cm³/mol. The van der Waals surface area contributed by atoms with Crippen LogP contribution in [0, 0.1) is 0 Å². The van der Waals surface area contributed by atoms with Crippen molar-refractivity contribution in [1.82, 2.24) is 15.3 Å². The number of benzene rings is 1. The SMILES string of the molecule is CC1(C)Cc2cc(CNC(=O)c3nc4sc5c(c4c(=O)[nH]3)CCC5)ccc2O1. The molecule has 1 aliphatic carbocycles. The second-order valence-electron chi connectivity index (χ2n) is 8.12. The van der Waals surface area contributed by atoms with Crippen LogP contribution in [0.15, 0.2) is 23.0 Å². The standard InChI is InChI=1S/C21H21N3O3S/c1-21(2)9-12-8-11(6-7-14(12)27-21)10-22-19(26)17-23-18(25)16-13-4-3-5-15(13)28-20(16)24-17/h6-8H,3-5,9-10H2,1-2H3,(H,22,26)(H,23,24,25). The zero-order chi connectivity index (χ0) is 19.5. The van der Waals surface area contributed by atoms with E-state index in [1.54, 1.807) is 0 Å². The van der Waals surface area contributed by atoms with Crippen LogP contribution in [0.25, 0.3) is 10.2 Å². The van der Waals surface area contributed by atoms with Crippen molar-refractivity contribution < 1.29 is 9.53 Å². The van der Waals surface area contributed by atoms with Crippen molar-refractivity contribution in [3.63, 3.8) is 0 Å². The molecule has 2 N–H and O–H groups in total. The molecular formula is C21H21N3O3S. The summed E-state index contributed by atoms with van der Waals surface area (Å²) in [6.45, 7) is 4.50. The zero-order valence-corrected chi connectivity index (χ0v) is 16.7. The molecule has 3 heterocycles. The number of carbonyl (C=O) groups excluding carboxylic acids is 1. The minimum Gasteiger partial charge on any atom is -0.487 e. The Morgan fingerprint density at radius 2 is 2.21 bits per heavy atom. The lowest BCUT2D eigenvalue weighted by molar-refractivity contribution is 0.0940. The maximum absolute atomic E-state index is 12.6. The van der Waals surface area contributed by atoms with E-state index in [1.165, 1.54) is 16.2 Å². The molecule has 1 aliphatic heterocycles. The summed E-state index contributed by atoms with van der Waals surface area (Å²) in [6.07, 6.45) is 3.85. The molecule has 5 rings (SSSR count). The Morgan fingerprint density at radius 3 is 3.07 bits per heavy atom. The summed E-state index contributed by atoms with van der Waals surface area (Å²) in [5, 5.41) is 3.52. The molecule has 0 bridgehead atoms. The van der Waals surface area contributed by atoms with E-state index in [0.717, 1.165) is 48.1 Å². The lowest BCUT2D eigenvalue weighted by Crippen LogP contribution is -2.27. The van der Waals surface area contributed by atoms with Crippen molar-refractivity contribution in [2.24, 2.45) is 0 Å². The summed E-state index contributed by atoms with van der Waals surface area (Å²) in [7, 11) is 0. The van der Waals surface area contributed by atoms with Crippen molar-refractivity contribution in [1.29, 1.82) is 0 Å². The lowest BCUT2D eigenvalue weighted by atomic mass is 10.0. The van der Waals surface area contributed by atoms with E-state index in [9.17, 15) is 9.59 Å². The van der Waals surface area contributed by atoms with E-state index in [-0.39, 0.29) is 22.9 Å². The highest BCUT2D eigenvalue weighted by atomic mass is 32.1. The van der Waals surface area contributed by atoms with Gasteiger partial charge in [-0.15, -0.1) is 11.3 Å². The van der Waals surface area contributed by atoms with E-state index in [4.69, 9.17) is 4.74 Å². The van der Waals surface area contributed by atoms with Crippen LogP contribution in [-0.4, -0.2) is 21.5 Å². The number of aryl methyl sites for hydroxylation is 2. The van der Waals surface area contributed by atoms with Crippen LogP contribution in [0.1, 0.15) is 52.5 Å². The maximum atomic E-state index is 12.6. The molecule has 0 radical (unpaired) electrons. The molecule has 0 saturated carbocycles. The quantitative estimate of drug-likeness (QED) is 0.714.